The predicted molar refractivity (Wildman–Crippen MR) is 122 cm³/mol. The standard InChI is InChI=1S/C25H25N3O4/c1-2-31-23-14-19(8-9-22(23)32-16-17-10-12-26-13-11-17)25(30)28-21-5-3-4-20(15-21)27-24(29)18-6-7-18/h3-5,8-15,18H,2,6-7,16H2,1H3,(H,27,29)(H,28,30). The molecule has 2 N–H and O–H groups in total. The van der Waals surface area contributed by atoms with Crippen LogP contribution in [-0.4, -0.2) is 23.4 Å². The number of anilines is 2. The van der Waals surface area contributed by atoms with E-state index in [0.717, 1.165) is 18.4 Å². The Labute approximate surface area is 186 Å². The maximum absolute atomic E-state index is 12.8. The summed E-state index contributed by atoms with van der Waals surface area (Å²) in [6.07, 6.45) is 5.29. The molecule has 0 unspecified atom stereocenters. The third-order valence-electron chi connectivity index (χ3n) is 4.99. The van der Waals surface area contributed by atoms with E-state index in [0.29, 0.717) is 41.7 Å². The van der Waals surface area contributed by atoms with E-state index in [4.69, 9.17) is 9.47 Å². The summed E-state index contributed by atoms with van der Waals surface area (Å²) < 4.78 is 11.6. The molecule has 1 fully saturated rings. The number of nitrogens with one attached hydrogen (secondary N) is 2. The first kappa shape index (κ1) is 21.4. The van der Waals surface area contributed by atoms with Crippen molar-refractivity contribution in [2.24, 2.45) is 5.92 Å². The minimum Gasteiger partial charge on any atom is -0.490 e. The zero-order valence-corrected chi connectivity index (χ0v) is 17.8. The number of benzene rings is 2. The van der Waals surface area contributed by atoms with Gasteiger partial charge in [0.15, 0.2) is 11.5 Å². The van der Waals surface area contributed by atoms with Gasteiger partial charge in [0.05, 0.1) is 6.61 Å². The third-order valence-corrected chi connectivity index (χ3v) is 4.99. The monoisotopic (exact) mass is 431 g/mol. The van der Waals surface area contributed by atoms with Gasteiger partial charge >= 0.3 is 0 Å². The lowest BCUT2D eigenvalue weighted by molar-refractivity contribution is -0.117. The fourth-order valence-electron chi connectivity index (χ4n) is 3.14. The van der Waals surface area contributed by atoms with Crippen LogP contribution in [0.4, 0.5) is 11.4 Å². The molecule has 0 bridgehead atoms. The minimum absolute atomic E-state index is 0.0252. The summed E-state index contributed by atoms with van der Waals surface area (Å²) in [5, 5.41) is 5.76. The van der Waals surface area contributed by atoms with Crippen molar-refractivity contribution in [3.8, 4) is 11.5 Å². The molecule has 1 aliphatic rings. The number of carbonyl (C=O) groups is 2. The van der Waals surface area contributed by atoms with Crippen molar-refractivity contribution in [2.75, 3.05) is 17.2 Å². The number of ether oxygens (including phenoxy) is 2. The number of rotatable bonds is 9. The summed E-state index contributed by atoms with van der Waals surface area (Å²) in [6.45, 7) is 2.69. The average Bonchev–Trinajstić information content (AvgIpc) is 3.65. The molecule has 0 aliphatic heterocycles. The number of hydrogen-bond donors (Lipinski definition) is 2. The van der Waals surface area contributed by atoms with Crippen LogP contribution in [0.25, 0.3) is 0 Å². The molecule has 0 atom stereocenters. The second kappa shape index (κ2) is 9.96. The topological polar surface area (TPSA) is 89.6 Å². The number of pyridine rings is 1. The Hall–Kier alpha value is -3.87. The number of hydrogen-bond acceptors (Lipinski definition) is 5. The Morgan fingerprint density at radius 2 is 1.69 bits per heavy atom. The Kier molecular flexibility index (Phi) is 6.65. The first-order valence-corrected chi connectivity index (χ1v) is 10.6. The van der Waals surface area contributed by atoms with Gasteiger partial charge in [0, 0.05) is 35.2 Å². The second-order valence-electron chi connectivity index (χ2n) is 7.54. The summed E-state index contributed by atoms with van der Waals surface area (Å²) in [5.74, 6) is 0.920. The van der Waals surface area contributed by atoms with Crippen LogP contribution in [0.3, 0.4) is 0 Å². The lowest BCUT2D eigenvalue weighted by atomic mass is 10.1. The largest absolute Gasteiger partial charge is 0.490 e. The molecule has 2 amide bonds. The lowest BCUT2D eigenvalue weighted by Gasteiger charge is -2.14. The van der Waals surface area contributed by atoms with Crippen molar-refractivity contribution < 1.29 is 19.1 Å². The molecule has 164 valence electrons. The zero-order valence-electron chi connectivity index (χ0n) is 17.8. The zero-order chi connectivity index (χ0) is 22.3. The number of aromatic nitrogens is 1. The van der Waals surface area contributed by atoms with Gasteiger partial charge in [-0.05, 0) is 73.9 Å². The van der Waals surface area contributed by atoms with Crippen LogP contribution in [-0.2, 0) is 11.4 Å². The molecule has 32 heavy (non-hydrogen) atoms. The van der Waals surface area contributed by atoms with Crippen LogP contribution in [0, 0.1) is 5.92 Å². The van der Waals surface area contributed by atoms with E-state index < -0.39 is 0 Å². The molecule has 1 heterocycles. The maximum atomic E-state index is 12.8. The van der Waals surface area contributed by atoms with Gasteiger partial charge in [0.2, 0.25) is 5.91 Å². The normalized spacial score (nSPS) is 12.7. The number of carbonyl (C=O) groups excluding carboxylic acids is 2. The SMILES string of the molecule is CCOc1cc(C(=O)Nc2cccc(NC(=O)C3CC3)c2)ccc1OCc1ccncc1. The molecular weight excluding hydrogens is 406 g/mol. The fourth-order valence-corrected chi connectivity index (χ4v) is 3.14. The van der Waals surface area contributed by atoms with Gasteiger partial charge in [-0.1, -0.05) is 6.07 Å². The Bertz CT molecular complexity index is 1100. The van der Waals surface area contributed by atoms with Crippen LogP contribution in [0.5, 0.6) is 11.5 Å². The van der Waals surface area contributed by atoms with Crippen LogP contribution >= 0.6 is 0 Å². The Morgan fingerprint density at radius 1 is 0.938 bits per heavy atom. The van der Waals surface area contributed by atoms with Gasteiger partial charge in [-0.2, -0.15) is 0 Å². The van der Waals surface area contributed by atoms with E-state index in [9.17, 15) is 9.59 Å². The molecule has 0 radical (unpaired) electrons. The molecule has 0 saturated heterocycles. The summed E-state index contributed by atoms with van der Waals surface area (Å²) in [7, 11) is 0. The van der Waals surface area contributed by atoms with E-state index in [1.54, 1.807) is 54.9 Å². The van der Waals surface area contributed by atoms with E-state index >= 15 is 0 Å². The van der Waals surface area contributed by atoms with Gasteiger partial charge < -0.3 is 20.1 Å². The highest BCUT2D eigenvalue weighted by Crippen LogP contribution is 2.31. The van der Waals surface area contributed by atoms with Gasteiger partial charge in [0.1, 0.15) is 6.61 Å². The molecule has 1 aromatic heterocycles. The molecule has 3 aromatic rings. The van der Waals surface area contributed by atoms with Crippen molar-refractivity contribution in [3.63, 3.8) is 0 Å². The van der Waals surface area contributed by atoms with E-state index in [1.165, 1.54) is 0 Å². The van der Waals surface area contributed by atoms with Crippen molar-refractivity contribution in [1.82, 2.24) is 4.98 Å². The molecule has 7 heteroatoms. The Morgan fingerprint density at radius 3 is 2.41 bits per heavy atom. The maximum Gasteiger partial charge on any atom is 0.255 e. The first-order chi connectivity index (χ1) is 15.6. The van der Waals surface area contributed by atoms with Gasteiger partial charge in [-0.3, -0.25) is 14.6 Å². The summed E-state index contributed by atoms with van der Waals surface area (Å²) in [6, 6.07) is 16.0. The minimum atomic E-state index is -0.280. The van der Waals surface area contributed by atoms with E-state index in [2.05, 4.69) is 15.6 Å². The van der Waals surface area contributed by atoms with Crippen LogP contribution in [0.15, 0.2) is 67.0 Å². The summed E-state index contributed by atoms with van der Waals surface area (Å²) in [4.78, 5) is 28.8. The summed E-state index contributed by atoms with van der Waals surface area (Å²) >= 11 is 0. The quantitative estimate of drug-likeness (QED) is 0.514. The highest BCUT2D eigenvalue weighted by atomic mass is 16.5. The molecule has 7 nitrogen and oxygen atoms in total. The van der Waals surface area contributed by atoms with Crippen molar-refractivity contribution in [1.29, 1.82) is 0 Å². The molecule has 2 aromatic carbocycles. The number of amides is 2. The van der Waals surface area contributed by atoms with Crippen LogP contribution in [0.2, 0.25) is 0 Å². The van der Waals surface area contributed by atoms with Gasteiger partial charge in [-0.25, -0.2) is 0 Å². The fraction of sp³-hybridized carbons (Fsp3) is 0.240. The molecule has 4 rings (SSSR count). The third kappa shape index (κ3) is 5.63. The van der Waals surface area contributed by atoms with E-state index in [-0.39, 0.29) is 17.7 Å². The van der Waals surface area contributed by atoms with Crippen molar-refractivity contribution in [3.05, 3.63) is 78.1 Å². The van der Waals surface area contributed by atoms with Gasteiger partial charge in [-0.15, -0.1) is 0 Å². The van der Waals surface area contributed by atoms with Crippen LogP contribution in [0.1, 0.15) is 35.7 Å². The summed E-state index contributed by atoms with van der Waals surface area (Å²) in [5.41, 5.74) is 2.68. The van der Waals surface area contributed by atoms with Crippen molar-refractivity contribution in [2.45, 2.75) is 26.4 Å². The van der Waals surface area contributed by atoms with Crippen LogP contribution < -0.4 is 20.1 Å². The molecular formula is C25H25N3O4. The molecule has 1 aliphatic carbocycles. The molecule has 1 saturated carbocycles. The van der Waals surface area contributed by atoms with E-state index in [1.807, 2.05) is 19.1 Å². The smallest absolute Gasteiger partial charge is 0.255 e. The highest BCUT2D eigenvalue weighted by molar-refractivity contribution is 6.05. The first-order valence-electron chi connectivity index (χ1n) is 10.6. The molecule has 0 spiro atoms. The van der Waals surface area contributed by atoms with Crippen molar-refractivity contribution >= 4 is 23.2 Å². The lowest BCUT2D eigenvalue weighted by Crippen LogP contribution is -2.15. The highest BCUT2D eigenvalue weighted by Gasteiger charge is 2.29. The predicted octanol–water partition coefficient (Wildman–Crippen LogP) is 4.66. The number of nitrogens with zero attached hydrogens (tertiary/aromatic N) is 1. The second-order valence-corrected chi connectivity index (χ2v) is 7.54. The Balaban J connectivity index is 1.43. The average molecular weight is 431 g/mol. The van der Waals surface area contributed by atoms with Gasteiger partial charge in [0.25, 0.3) is 5.91 Å².